The van der Waals surface area contributed by atoms with E-state index in [2.05, 4.69) is 6.58 Å². The number of halogens is 4. The Labute approximate surface area is 151 Å². The first kappa shape index (κ1) is 17.7. The molecule has 0 radical (unpaired) electrons. The Hall–Kier alpha value is -0.660. The van der Waals surface area contributed by atoms with E-state index in [0.717, 1.165) is 39.0 Å². The molecule has 0 fully saturated rings. The fourth-order valence-corrected chi connectivity index (χ4v) is 2.97. The molecule has 4 heteroatoms. The highest BCUT2D eigenvalue weighted by molar-refractivity contribution is 6.18. The molecule has 2 aromatic rings. The lowest BCUT2D eigenvalue weighted by Gasteiger charge is -2.12. The Morgan fingerprint density at radius 1 is 0.591 bits per heavy atom. The Kier molecular flexibility index (Phi) is 6.65. The predicted octanol–water partition coefficient (Wildman–Crippen LogP) is 6.70. The second-order valence-electron chi connectivity index (χ2n) is 5.09. The third kappa shape index (κ3) is 4.20. The van der Waals surface area contributed by atoms with Gasteiger partial charge in [-0.25, -0.2) is 0 Å². The highest BCUT2D eigenvalue weighted by Crippen LogP contribution is 2.27. The monoisotopic (exact) mass is 372 g/mol. The summed E-state index contributed by atoms with van der Waals surface area (Å²) in [6.07, 6.45) is 0. The van der Waals surface area contributed by atoms with Crippen LogP contribution in [0.15, 0.2) is 43.0 Å². The van der Waals surface area contributed by atoms with Crippen LogP contribution in [0.2, 0.25) is 0 Å². The smallest absolute Gasteiger partial charge is 0.0474 e. The third-order valence-corrected chi connectivity index (χ3v) is 4.65. The second-order valence-corrected chi connectivity index (χ2v) is 6.16. The first-order valence-electron chi connectivity index (χ1n) is 6.80. The highest BCUT2D eigenvalue weighted by atomic mass is 35.5. The summed E-state index contributed by atoms with van der Waals surface area (Å²) < 4.78 is 0. The van der Waals surface area contributed by atoms with E-state index in [-0.39, 0.29) is 0 Å². The van der Waals surface area contributed by atoms with Crippen LogP contribution in [0, 0.1) is 0 Å². The lowest BCUT2D eigenvalue weighted by molar-refractivity contribution is 1.29. The topological polar surface area (TPSA) is 0 Å². The third-order valence-electron chi connectivity index (χ3n) is 3.42. The molecule has 0 aromatic heterocycles. The van der Waals surface area contributed by atoms with E-state index in [4.69, 9.17) is 46.4 Å². The molecule has 0 saturated carbocycles. The van der Waals surface area contributed by atoms with Crippen LogP contribution in [0.1, 0.15) is 33.4 Å². The van der Waals surface area contributed by atoms with E-state index in [1.54, 1.807) is 0 Å². The molecule has 2 rings (SSSR count). The Morgan fingerprint density at radius 2 is 0.864 bits per heavy atom. The molecule has 0 aliphatic rings. The van der Waals surface area contributed by atoms with Crippen molar-refractivity contribution in [2.24, 2.45) is 0 Å². The quantitative estimate of drug-likeness (QED) is 0.494. The molecule has 0 N–H and O–H groups in total. The molecule has 22 heavy (non-hydrogen) atoms. The van der Waals surface area contributed by atoms with Gasteiger partial charge in [-0.05, 0) is 63.2 Å². The van der Waals surface area contributed by atoms with Gasteiger partial charge in [0.25, 0.3) is 0 Å². The van der Waals surface area contributed by atoms with Crippen LogP contribution >= 0.6 is 46.4 Å². The average Bonchev–Trinajstić information content (AvgIpc) is 2.59. The molecule has 0 aliphatic heterocycles. The average molecular weight is 374 g/mol. The Bertz CT molecular complexity index is 575. The van der Waals surface area contributed by atoms with Gasteiger partial charge < -0.3 is 0 Å². The first-order valence-corrected chi connectivity index (χ1v) is 8.94. The zero-order chi connectivity index (χ0) is 16.1. The van der Waals surface area contributed by atoms with E-state index >= 15 is 0 Å². The minimum Gasteiger partial charge on any atom is -0.122 e. The minimum atomic E-state index is 0.444. The number of alkyl halides is 4. The van der Waals surface area contributed by atoms with E-state index in [9.17, 15) is 0 Å². The van der Waals surface area contributed by atoms with Gasteiger partial charge in [-0.2, -0.15) is 0 Å². The first-order chi connectivity index (χ1) is 10.6. The van der Waals surface area contributed by atoms with Gasteiger partial charge in [0.2, 0.25) is 0 Å². The molecule has 0 spiro atoms. The fraction of sp³-hybridized carbons (Fsp3) is 0.222. The zero-order valence-corrected chi connectivity index (χ0v) is 15.0. The van der Waals surface area contributed by atoms with Crippen molar-refractivity contribution in [2.45, 2.75) is 23.5 Å². The predicted molar refractivity (Wildman–Crippen MR) is 99.2 cm³/mol. The minimum absolute atomic E-state index is 0.444. The van der Waals surface area contributed by atoms with Gasteiger partial charge in [0.1, 0.15) is 0 Å². The van der Waals surface area contributed by atoms with Crippen molar-refractivity contribution in [3.63, 3.8) is 0 Å². The SMILES string of the molecule is C=C(c1cc(CCl)cc(CCl)c1)c1cc(CCl)cc(CCl)c1. The number of hydrogen-bond donors (Lipinski definition) is 0. The van der Waals surface area contributed by atoms with Crippen molar-refractivity contribution < 1.29 is 0 Å². The Balaban J connectivity index is 2.47. The summed E-state index contributed by atoms with van der Waals surface area (Å²) in [4.78, 5) is 0. The van der Waals surface area contributed by atoms with E-state index < -0.39 is 0 Å². The summed E-state index contributed by atoms with van der Waals surface area (Å²) in [7, 11) is 0. The summed E-state index contributed by atoms with van der Waals surface area (Å²) in [6, 6.07) is 12.2. The van der Waals surface area contributed by atoms with Crippen molar-refractivity contribution in [1.29, 1.82) is 0 Å². The number of hydrogen-bond acceptors (Lipinski definition) is 0. The maximum absolute atomic E-state index is 5.97. The van der Waals surface area contributed by atoms with Crippen LogP contribution < -0.4 is 0 Å². The second kappa shape index (κ2) is 8.26. The lowest BCUT2D eigenvalue weighted by atomic mass is 9.94. The molecular formula is C18H16Cl4. The molecule has 0 nitrogen and oxygen atoms in total. The summed E-state index contributed by atoms with van der Waals surface area (Å²) in [6.45, 7) is 4.22. The van der Waals surface area contributed by atoms with Gasteiger partial charge in [0, 0.05) is 23.5 Å². The largest absolute Gasteiger partial charge is 0.122 e. The van der Waals surface area contributed by atoms with Crippen molar-refractivity contribution >= 4 is 52.0 Å². The van der Waals surface area contributed by atoms with Crippen molar-refractivity contribution in [2.75, 3.05) is 0 Å². The van der Waals surface area contributed by atoms with Crippen molar-refractivity contribution in [1.82, 2.24) is 0 Å². The van der Waals surface area contributed by atoms with Crippen LogP contribution in [-0.4, -0.2) is 0 Å². The van der Waals surface area contributed by atoms with E-state index in [1.807, 2.05) is 36.4 Å². The van der Waals surface area contributed by atoms with Gasteiger partial charge >= 0.3 is 0 Å². The normalized spacial score (nSPS) is 10.7. The van der Waals surface area contributed by atoms with Gasteiger partial charge in [0.05, 0.1) is 0 Å². The van der Waals surface area contributed by atoms with Crippen molar-refractivity contribution in [3.05, 3.63) is 76.4 Å². The van der Waals surface area contributed by atoms with Gasteiger partial charge in [-0.15, -0.1) is 46.4 Å². The van der Waals surface area contributed by atoms with Crippen LogP contribution in [0.3, 0.4) is 0 Å². The molecule has 0 unspecified atom stereocenters. The Morgan fingerprint density at radius 3 is 1.09 bits per heavy atom. The summed E-state index contributed by atoms with van der Waals surface area (Å²) in [5, 5.41) is 0. The molecule has 0 atom stereocenters. The lowest BCUT2D eigenvalue weighted by Crippen LogP contribution is -1.94. The van der Waals surface area contributed by atoms with E-state index in [1.165, 1.54) is 0 Å². The molecule has 0 saturated heterocycles. The maximum atomic E-state index is 5.97. The zero-order valence-electron chi connectivity index (χ0n) is 12.0. The molecule has 0 bridgehead atoms. The standard InChI is InChI=1S/C18H16Cl4/c1-12(17-4-13(8-19)2-14(5-17)9-20)18-6-15(10-21)3-16(7-18)11-22/h2-7H,1,8-11H2. The van der Waals surface area contributed by atoms with Gasteiger partial charge in [0.15, 0.2) is 0 Å². The molecular weight excluding hydrogens is 358 g/mol. The van der Waals surface area contributed by atoms with Crippen LogP contribution in [0.4, 0.5) is 0 Å². The van der Waals surface area contributed by atoms with Gasteiger partial charge in [-0.3, -0.25) is 0 Å². The van der Waals surface area contributed by atoms with Crippen molar-refractivity contribution in [3.8, 4) is 0 Å². The van der Waals surface area contributed by atoms with Gasteiger partial charge in [-0.1, -0.05) is 18.7 Å². The maximum Gasteiger partial charge on any atom is 0.0474 e. The summed E-state index contributed by atoms with van der Waals surface area (Å²) >= 11 is 23.9. The van der Waals surface area contributed by atoms with Crippen LogP contribution in [-0.2, 0) is 23.5 Å². The summed E-state index contributed by atoms with van der Waals surface area (Å²) in [5.41, 5.74) is 7.06. The number of rotatable bonds is 6. The summed E-state index contributed by atoms with van der Waals surface area (Å²) in [5.74, 6) is 1.78. The fourth-order valence-electron chi connectivity index (χ4n) is 2.35. The van der Waals surface area contributed by atoms with Crippen LogP contribution in [0.5, 0.6) is 0 Å². The number of benzene rings is 2. The molecule has 2 aromatic carbocycles. The molecule has 0 heterocycles. The molecule has 0 amide bonds. The highest BCUT2D eigenvalue weighted by Gasteiger charge is 2.08. The van der Waals surface area contributed by atoms with Crippen LogP contribution in [0.25, 0.3) is 5.57 Å². The molecule has 0 aliphatic carbocycles. The molecule has 116 valence electrons. The van der Waals surface area contributed by atoms with E-state index in [0.29, 0.717) is 23.5 Å².